The third-order valence-corrected chi connectivity index (χ3v) is 2.69. The smallest absolute Gasteiger partial charge is 0.135 e. The standard InChI is InChI=1S/C9H15NO2/c1-3-9-7-4-6(2)11-5-8(7)10-12-9/h6-7,9H,3-5H2,1-2H3/t6-,7+,9+/m0/s1. The zero-order chi connectivity index (χ0) is 8.55. The first-order valence-electron chi connectivity index (χ1n) is 4.65. The summed E-state index contributed by atoms with van der Waals surface area (Å²) in [5.41, 5.74) is 1.11. The zero-order valence-corrected chi connectivity index (χ0v) is 7.62. The highest BCUT2D eigenvalue weighted by atomic mass is 16.6. The van der Waals surface area contributed by atoms with Gasteiger partial charge in [0.05, 0.1) is 18.4 Å². The van der Waals surface area contributed by atoms with Gasteiger partial charge in [0.15, 0.2) is 0 Å². The van der Waals surface area contributed by atoms with Crippen molar-refractivity contribution in [1.82, 2.24) is 0 Å². The van der Waals surface area contributed by atoms with E-state index in [2.05, 4.69) is 19.0 Å². The van der Waals surface area contributed by atoms with Gasteiger partial charge in [-0.05, 0) is 19.8 Å². The lowest BCUT2D eigenvalue weighted by Crippen LogP contribution is -2.35. The van der Waals surface area contributed by atoms with Crippen LogP contribution in [0.25, 0.3) is 0 Å². The average molecular weight is 169 g/mol. The fourth-order valence-electron chi connectivity index (χ4n) is 1.92. The fraction of sp³-hybridized carbons (Fsp3) is 0.889. The first kappa shape index (κ1) is 8.05. The molecule has 3 heteroatoms. The van der Waals surface area contributed by atoms with Crippen LogP contribution in [0.4, 0.5) is 0 Å². The van der Waals surface area contributed by atoms with Gasteiger partial charge in [0.2, 0.25) is 0 Å². The Balaban J connectivity index is 2.06. The molecule has 1 saturated heterocycles. The van der Waals surface area contributed by atoms with E-state index in [0.717, 1.165) is 18.6 Å². The molecule has 2 aliphatic rings. The van der Waals surface area contributed by atoms with Crippen LogP contribution < -0.4 is 0 Å². The van der Waals surface area contributed by atoms with Crippen molar-refractivity contribution in [3.63, 3.8) is 0 Å². The number of nitrogens with zero attached hydrogens (tertiary/aromatic N) is 1. The van der Waals surface area contributed by atoms with Crippen LogP contribution >= 0.6 is 0 Å². The summed E-state index contributed by atoms with van der Waals surface area (Å²) in [4.78, 5) is 5.31. The first-order valence-corrected chi connectivity index (χ1v) is 4.65. The highest BCUT2D eigenvalue weighted by Gasteiger charge is 2.37. The van der Waals surface area contributed by atoms with Gasteiger partial charge in [0.25, 0.3) is 0 Å². The Morgan fingerprint density at radius 3 is 3.17 bits per heavy atom. The van der Waals surface area contributed by atoms with Crippen molar-refractivity contribution in [2.75, 3.05) is 6.61 Å². The van der Waals surface area contributed by atoms with E-state index in [1.165, 1.54) is 0 Å². The van der Waals surface area contributed by atoms with Gasteiger partial charge >= 0.3 is 0 Å². The lowest BCUT2D eigenvalue weighted by molar-refractivity contribution is 0.0230. The lowest BCUT2D eigenvalue weighted by Gasteiger charge is -2.26. The van der Waals surface area contributed by atoms with Crippen LogP contribution in [0.2, 0.25) is 0 Å². The molecule has 0 N–H and O–H groups in total. The molecule has 0 aliphatic carbocycles. The van der Waals surface area contributed by atoms with E-state index < -0.39 is 0 Å². The molecule has 0 spiro atoms. The summed E-state index contributed by atoms with van der Waals surface area (Å²) in [7, 11) is 0. The Morgan fingerprint density at radius 1 is 1.58 bits per heavy atom. The molecule has 1 fully saturated rings. The molecule has 0 aromatic carbocycles. The van der Waals surface area contributed by atoms with Crippen LogP contribution in [0.5, 0.6) is 0 Å². The van der Waals surface area contributed by atoms with Gasteiger partial charge in [-0.25, -0.2) is 0 Å². The topological polar surface area (TPSA) is 30.8 Å². The molecule has 0 bridgehead atoms. The molecule has 2 heterocycles. The SMILES string of the molecule is CC[C@H]1ON=C2CO[C@@H](C)C[C@H]21. The van der Waals surface area contributed by atoms with Crippen LogP contribution in [0, 0.1) is 5.92 Å². The minimum Gasteiger partial charge on any atom is -0.392 e. The van der Waals surface area contributed by atoms with Crippen molar-refractivity contribution in [2.24, 2.45) is 11.1 Å². The Bertz CT molecular complexity index is 203. The van der Waals surface area contributed by atoms with Crippen LogP contribution in [0.3, 0.4) is 0 Å². The summed E-state index contributed by atoms with van der Waals surface area (Å²) >= 11 is 0. The molecule has 2 aliphatic heterocycles. The number of hydrogen-bond acceptors (Lipinski definition) is 3. The highest BCUT2D eigenvalue weighted by Crippen LogP contribution is 2.29. The average Bonchev–Trinajstić information content (AvgIpc) is 2.46. The molecular formula is C9H15NO2. The maximum Gasteiger partial charge on any atom is 0.135 e. The van der Waals surface area contributed by atoms with E-state index in [-0.39, 0.29) is 0 Å². The maximum atomic E-state index is 5.47. The molecule has 0 saturated carbocycles. The molecular weight excluding hydrogens is 154 g/mol. The summed E-state index contributed by atoms with van der Waals surface area (Å²) in [6, 6.07) is 0. The van der Waals surface area contributed by atoms with Gasteiger partial charge in [-0.3, -0.25) is 0 Å². The monoisotopic (exact) mass is 169 g/mol. The van der Waals surface area contributed by atoms with E-state index in [1.54, 1.807) is 0 Å². The van der Waals surface area contributed by atoms with Crippen LogP contribution in [0.1, 0.15) is 26.7 Å². The fourth-order valence-corrected chi connectivity index (χ4v) is 1.92. The number of rotatable bonds is 1. The quantitative estimate of drug-likeness (QED) is 0.596. The van der Waals surface area contributed by atoms with E-state index in [1.807, 2.05) is 0 Å². The molecule has 0 amide bonds. The Labute approximate surface area is 72.7 Å². The molecule has 0 unspecified atom stereocenters. The predicted molar refractivity (Wildman–Crippen MR) is 46.1 cm³/mol. The van der Waals surface area contributed by atoms with Crippen molar-refractivity contribution in [3.05, 3.63) is 0 Å². The van der Waals surface area contributed by atoms with Crippen LogP contribution in [0.15, 0.2) is 5.16 Å². The minimum atomic E-state index is 0.311. The molecule has 2 rings (SSSR count). The van der Waals surface area contributed by atoms with E-state index in [0.29, 0.717) is 24.7 Å². The van der Waals surface area contributed by atoms with Crippen molar-refractivity contribution in [2.45, 2.75) is 38.9 Å². The Morgan fingerprint density at radius 2 is 2.42 bits per heavy atom. The third-order valence-electron chi connectivity index (χ3n) is 2.69. The molecule has 12 heavy (non-hydrogen) atoms. The van der Waals surface area contributed by atoms with Gasteiger partial charge in [0, 0.05) is 5.92 Å². The second-order valence-corrected chi connectivity index (χ2v) is 3.60. The number of ether oxygens (including phenoxy) is 1. The zero-order valence-electron chi connectivity index (χ0n) is 7.62. The largest absolute Gasteiger partial charge is 0.392 e. The van der Waals surface area contributed by atoms with E-state index in [4.69, 9.17) is 9.57 Å². The minimum absolute atomic E-state index is 0.311. The molecule has 3 atom stereocenters. The lowest BCUT2D eigenvalue weighted by atomic mass is 9.89. The predicted octanol–water partition coefficient (Wildman–Crippen LogP) is 1.58. The van der Waals surface area contributed by atoms with Crippen molar-refractivity contribution in [3.8, 4) is 0 Å². The second-order valence-electron chi connectivity index (χ2n) is 3.60. The summed E-state index contributed by atoms with van der Waals surface area (Å²) in [6.45, 7) is 4.92. The van der Waals surface area contributed by atoms with Crippen LogP contribution in [-0.2, 0) is 9.57 Å². The van der Waals surface area contributed by atoms with Gasteiger partial charge in [-0.15, -0.1) is 0 Å². The first-order chi connectivity index (χ1) is 5.81. The Kier molecular flexibility index (Phi) is 2.05. The molecule has 0 aromatic heterocycles. The van der Waals surface area contributed by atoms with Crippen molar-refractivity contribution in [1.29, 1.82) is 0 Å². The number of hydrogen-bond donors (Lipinski definition) is 0. The molecule has 3 nitrogen and oxygen atoms in total. The van der Waals surface area contributed by atoms with E-state index >= 15 is 0 Å². The molecule has 0 aromatic rings. The second kappa shape index (κ2) is 3.05. The van der Waals surface area contributed by atoms with Gasteiger partial charge < -0.3 is 9.57 Å². The Hall–Kier alpha value is -0.570. The van der Waals surface area contributed by atoms with Crippen LogP contribution in [-0.4, -0.2) is 24.5 Å². The molecule has 0 radical (unpaired) electrons. The third kappa shape index (κ3) is 1.22. The van der Waals surface area contributed by atoms with E-state index in [9.17, 15) is 0 Å². The number of oxime groups is 1. The van der Waals surface area contributed by atoms with Crippen molar-refractivity contribution >= 4 is 5.71 Å². The number of fused-ring (bicyclic) bond motifs is 1. The summed E-state index contributed by atoms with van der Waals surface area (Å²) in [5, 5.41) is 4.04. The summed E-state index contributed by atoms with van der Waals surface area (Å²) < 4.78 is 5.47. The van der Waals surface area contributed by atoms with Crippen molar-refractivity contribution < 1.29 is 9.57 Å². The molecule has 68 valence electrons. The highest BCUT2D eigenvalue weighted by molar-refractivity contribution is 5.89. The van der Waals surface area contributed by atoms with Gasteiger partial charge in [-0.1, -0.05) is 12.1 Å². The van der Waals surface area contributed by atoms with Gasteiger partial charge in [0.1, 0.15) is 6.10 Å². The maximum absolute atomic E-state index is 5.47. The normalized spacial score (nSPS) is 40.2. The van der Waals surface area contributed by atoms with Gasteiger partial charge in [-0.2, -0.15) is 0 Å². The summed E-state index contributed by atoms with van der Waals surface area (Å²) in [5.74, 6) is 0.527. The summed E-state index contributed by atoms with van der Waals surface area (Å²) in [6.07, 6.45) is 2.79.